The maximum Gasteiger partial charge on any atom is 0.0723 e. The van der Waals surface area contributed by atoms with E-state index in [1.54, 1.807) is 0 Å². The molecule has 0 saturated carbocycles. The fourth-order valence-electron chi connectivity index (χ4n) is 2.49. The Morgan fingerprint density at radius 2 is 1.70 bits per heavy atom. The molecular formula is C18H20O2. The number of hydrogen-bond acceptors (Lipinski definition) is 2. The molecule has 2 nitrogen and oxygen atoms in total. The Kier molecular flexibility index (Phi) is 3.86. The van der Waals surface area contributed by atoms with Gasteiger partial charge in [0.05, 0.1) is 26.4 Å². The Hall–Kier alpha value is -1.64. The van der Waals surface area contributed by atoms with E-state index in [-0.39, 0.29) is 5.41 Å². The summed E-state index contributed by atoms with van der Waals surface area (Å²) in [6, 6.07) is 18.9. The second-order valence-electron chi connectivity index (χ2n) is 5.82. The molecule has 0 amide bonds. The normalized spacial score (nSPS) is 16.6. The molecule has 0 spiro atoms. The van der Waals surface area contributed by atoms with Crippen molar-refractivity contribution in [2.75, 3.05) is 19.8 Å². The van der Waals surface area contributed by atoms with Crippen LogP contribution >= 0.6 is 0 Å². The third-order valence-electron chi connectivity index (χ3n) is 3.71. The predicted octanol–water partition coefficient (Wildman–Crippen LogP) is 3.91. The van der Waals surface area contributed by atoms with Crippen LogP contribution in [0.2, 0.25) is 0 Å². The van der Waals surface area contributed by atoms with Gasteiger partial charge in [0.25, 0.3) is 0 Å². The second kappa shape index (κ2) is 5.78. The molecule has 0 radical (unpaired) electrons. The molecule has 2 heteroatoms. The summed E-state index contributed by atoms with van der Waals surface area (Å²) >= 11 is 0. The summed E-state index contributed by atoms with van der Waals surface area (Å²) in [6.45, 7) is 5.25. The van der Waals surface area contributed by atoms with Gasteiger partial charge < -0.3 is 9.47 Å². The lowest BCUT2D eigenvalue weighted by Gasteiger charge is -2.37. The predicted molar refractivity (Wildman–Crippen MR) is 80.5 cm³/mol. The lowest BCUT2D eigenvalue weighted by atomic mass is 9.90. The highest BCUT2D eigenvalue weighted by Gasteiger charge is 2.33. The van der Waals surface area contributed by atoms with Gasteiger partial charge in [-0.2, -0.15) is 0 Å². The third-order valence-corrected chi connectivity index (χ3v) is 3.71. The molecule has 2 aromatic carbocycles. The van der Waals surface area contributed by atoms with E-state index >= 15 is 0 Å². The van der Waals surface area contributed by atoms with Crippen molar-refractivity contribution in [2.24, 2.45) is 5.41 Å². The first-order chi connectivity index (χ1) is 9.77. The zero-order valence-corrected chi connectivity index (χ0v) is 11.8. The van der Waals surface area contributed by atoms with Crippen molar-refractivity contribution in [3.8, 4) is 11.1 Å². The molecule has 1 saturated heterocycles. The van der Waals surface area contributed by atoms with E-state index in [9.17, 15) is 0 Å². The summed E-state index contributed by atoms with van der Waals surface area (Å²) < 4.78 is 11.2. The molecule has 20 heavy (non-hydrogen) atoms. The van der Waals surface area contributed by atoms with Gasteiger partial charge in [-0.05, 0) is 16.7 Å². The van der Waals surface area contributed by atoms with Gasteiger partial charge in [-0.3, -0.25) is 0 Å². The lowest BCUT2D eigenvalue weighted by Crippen LogP contribution is -2.43. The van der Waals surface area contributed by atoms with E-state index in [1.807, 2.05) is 6.07 Å². The van der Waals surface area contributed by atoms with Crippen LogP contribution < -0.4 is 0 Å². The largest absolute Gasteiger partial charge is 0.380 e. The summed E-state index contributed by atoms with van der Waals surface area (Å²) in [7, 11) is 0. The monoisotopic (exact) mass is 268 g/mol. The van der Waals surface area contributed by atoms with Crippen LogP contribution in [0, 0.1) is 5.41 Å². The lowest BCUT2D eigenvalue weighted by molar-refractivity contribution is -0.140. The third kappa shape index (κ3) is 2.92. The van der Waals surface area contributed by atoms with Gasteiger partial charge in [0.2, 0.25) is 0 Å². The minimum atomic E-state index is 0.210. The Labute approximate surface area is 120 Å². The number of hydrogen-bond donors (Lipinski definition) is 0. The van der Waals surface area contributed by atoms with E-state index in [0.29, 0.717) is 6.61 Å². The summed E-state index contributed by atoms with van der Waals surface area (Å²) in [6.07, 6.45) is 0. The molecule has 1 heterocycles. The Morgan fingerprint density at radius 3 is 2.40 bits per heavy atom. The fraction of sp³-hybridized carbons (Fsp3) is 0.333. The van der Waals surface area contributed by atoms with Crippen molar-refractivity contribution in [1.29, 1.82) is 0 Å². The van der Waals surface area contributed by atoms with Gasteiger partial charge in [0.15, 0.2) is 0 Å². The number of benzene rings is 2. The van der Waals surface area contributed by atoms with Gasteiger partial charge in [-0.25, -0.2) is 0 Å². The van der Waals surface area contributed by atoms with Gasteiger partial charge in [0, 0.05) is 5.41 Å². The zero-order valence-electron chi connectivity index (χ0n) is 11.8. The Morgan fingerprint density at radius 1 is 1.00 bits per heavy atom. The minimum Gasteiger partial charge on any atom is -0.380 e. The van der Waals surface area contributed by atoms with Crippen LogP contribution in [0.25, 0.3) is 11.1 Å². The summed E-state index contributed by atoms with van der Waals surface area (Å²) in [5, 5.41) is 0. The smallest absolute Gasteiger partial charge is 0.0723 e. The highest BCUT2D eigenvalue weighted by atomic mass is 16.5. The molecule has 0 unspecified atom stereocenters. The van der Waals surface area contributed by atoms with Crippen LogP contribution in [-0.2, 0) is 16.1 Å². The average Bonchev–Trinajstić information content (AvgIpc) is 2.47. The second-order valence-corrected chi connectivity index (χ2v) is 5.82. The fourth-order valence-corrected chi connectivity index (χ4v) is 2.49. The van der Waals surface area contributed by atoms with Gasteiger partial charge >= 0.3 is 0 Å². The molecule has 1 aliphatic rings. The summed E-state index contributed by atoms with van der Waals surface area (Å²) in [4.78, 5) is 0. The van der Waals surface area contributed by atoms with E-state index < -0.39 is 0 Å². The van der Waals surface area contributed by atoms with Gasteiger partial charge in [-0.1, -0.05) is 61.5 Å². The van der Waals surface area contributed by atoms with E-state index in [2.05, 4.69) is 55.5 Å². The van der Waals surface area contributed by atoms with Gasteiger partial charge in [0.1, 0.15) is 0 Å². The average molecular weight is 268 g/mol. The molecule has 1 aliphatic heterocycles. The number of rotatable bonds is 5. The highest BCUT2D eigenvalue weighted by Crippen LogP contribution is 2.28. The molecule has 0 aliphatic carbocycles. The van der Waals surface area contributed by atoms with Crippen LogP contribution in [0.15, 0.2) is 54.6 Å². The molecule has 1 fully saturated rings. The van der Waals surface area contributed by atoms with Crippen LogP contribution in [-0.4, -0.2) is 19.8 Å². The van der Waals surface area contributed by atoms with E-state index in [0.717, 1.165) is 19.8 Å². The van der Waals surface area contributed by atoms with Crippen molar-refractivity contribution in [1.82, 2.24) is 0 Å². The van der Waals surface area contributed by atoms with Gasteiger partial charge in [-0.15, -0.1) is 0 Å². The van der Waals surface area contributed by atoms with Crippen LogP contribution in [0.4, 0.5) is 0 Å². The van der Waals surface area contributed by atoms with Crippen molar-refractivity contribution >= 4 is 0 Å². The maximum atomic E-state index is 5.91. The highest BCUT2D eigenvalue weighted by molar-refractivity contribution is 5.66. The van der Waals surface area contributed by atoms with Crippen LogP contribution in [0.5, 0.6) is 0 Å². The zero-order chi connectivity index (χ0) is 13.8. The van der Waals surface area contributed by atoms with Crippen molar-refractivity contribution in [3.05, 3.63) is 60.2 Å². The maximum absolute atomic E-state index is 5.91. The standard InChI is InChI=1S/C18H20O2/c1-18(13-20-14-18)12-19-11-16-9-5-6-10-17(16)15-7-3-2-4-8-15/h2-10H,11-14H2,1H3. The number of ether oxygens (including phenoxy) is 2. The van der Waals surface area contributed by atoms with Crippen LogP contribution in [0.3, 0.4) is 0 Å². The van der Waals surface area contributed by atoms with Crippen LogP contribution in [0.1, 0.15) is 12.5 Å². The first kappa shape index (κ1) is 13.3. The molecule has 3 rings (SSSR count). The molecule has 2 aromatic rings. The summed E-state index contributed by atoms with van der Waals surface area (Å²) in [5.74, 6) is 0. The first-order valence-electron chi connectivity index (χ1n) is 7.06. The van der Waals surface area contributed by atoms with E-state index in [4.69, 9.17) is 9.47 Å². The molecule has 0 aromatic heterocycles. The molecule has 0 bridgehead atoms. The van der Waals surface area contributed by atoms with Crippen molar-refractivity contribution in [2.45, 2.75) is 13.5 Å². The summed E-state index contributed by atoms with van der Waals surface area (Å²) in [5.41, 5.74) is 3.94. The minimum absolute atomic E-state index is 0.210. The van der Waals surface area contributed by atoms with Crippen molar-refractivity contribution in [3.63, 3.8) is 0 Å². The molecule has 0 N–H and O–H groups in total. The molecule has 104 valence electrons. The SMILES string of the molecule is CC1(COCc2ccccc2-c2ccccc2)COC1. The first-order valence-corrected chi connectivity index (χ1v) is 7.06. The Bertz CT molecular complexity index is 559. The van der Waals surface area contributed by atoms with Crippen molar-refractivity contribution < 1.29 is 9.47 Å². The molecular weight excluding hydrogens is 248 g/mol. The Balaban J connectivity index is 1.70. The van der Waals surface area contributed by atoms with E-state index in [1.165, 1.54) is 16.7 Å². The molecule has 0 atom stereocenters. The topological polar surface area (TPSA) is 18.5 Å². The quantitative estimate of drug-likeness (QED) is 0.818.